The minimum Gasteiger partial charge on any atom is -0.376 e. The lowest BCUT2D eigenvalue weighted by Crippen LogP contribution is -2.16. The predicted octanol–water partition coefficient (Wildman–Crippen LogP) is 3.96. The summed E-state index contributed by atoms with van der Waals surface area (Å²) in [4.78, 5) is 30.2. The summed E-state index contributed by atoms with van der Waals surface area (Å²) in [7, 11) is 0. The number of imidazole rings is 1. The Kier molecular flexibility index (Phi) is 4.86. The standard InChI is InChI=1S/C24H18FN5O3/c1-12-3-2-4-15-19(29-30-22(31)21(12)15)10-13-5-7-17(25)16(9-13)14-6-8-18-20(11-14)28-24(27-18)33-23(26)32/h2-9,11H,10H2,1H3,(H2,26,32)(H,27,28)(H,30,31). The van der Waals surface area contributed by atoms with Crippen LogP contribution >= 0.6 is 0 Å². The molecule has 33 heavy (non-hydrogen) atoms. The monoisotopic (exact) mass is 443 g/mol. The van der Waals surface area contributed by atoms with Gasteiger partial charge in [-0.3, -0.25) is 4.79 Å². The summed E-state index contributed by atoms with van der Waals surface area (Å²) < 4.78 is 19.5. The van der Waals surface area contributed by atoms with E-state index in [1.54, 1.807) is 30.3 Å². The lowest BCUT2D eigenvalue weighted by Gasteiger charge is -2.09. The van der Waals surface area contributed by atoms with Gasteiger partial charge in [-0.15, -0.1) is 0 Å². The molecule has 0 aliphatic rings. The summed E-state index contributed by atoms with van der Waals surface area (Å²) in [6.07, 6.45) is -0.570. The SMILES string of the molecule is Cc1cccc2c(Cc3ccc(F)c(-c4ccc5nc(OC(N)=O)[nH]c5c4)c3)n[nH]c(=O)c12. The number of H-pyrrole nitrogens is 2. The maximum absolute atomic E-state index is 14.8. The zero-order valence-electron chi connectivity index (χ0n) is 17.5. The minimum absolute atomic E-state index is 0.0322. The highest BCUT2D eigenvalue weighted by Crippen LogP contribution is 2.29. The Hall–Kier alpha value is -4.53. The highest BCUT2D eigenvalue weighted by atomic mass is 19.1. The minimum atomic E-state index is -0.980. The summed E-state index contributed by atoms with van der Waals surface area (Å²) >= 11 is 0. The molecule has 2 aromatic heterocycles. The van der Waals surface area contributed by atoms with Gasteiger partial charge in [0.15, 0.2) is 0 Å². The van der Waals surface area contributed by atoms with Gasteiger partial charge in [0.25, 0.3) is 5.56 Å². The lowest BCUT2D eigenvalue weighted by atomic mass is 9.98. The molecule has 3 aromatic carbocycles. The third kappa shape index (κ3) is 3.80. The number of nitrogens with one attached hydrogen (secondary N) is 2. The van der Waals surface area contributed by atoms with Crippen LogP contribution in [0.2, 0.25) is 0 Å². The molecule has 0 bridgehead atoms. The second-order valence-electron chi connectivity index (χ2n) is 7.68. The number of ether oxygens (including phenoxy) is 1. The Bertz CT molecular complexity index is 1610. The first-order valence-corrected chi connectivity index (χ1v) is 10.1. The molecule has 0 radical (unpaired) electrons. The Labute approximate surface area is 186 Å². The fourth-order valence-electron chi connectivity index (χ4n) is 3.97. The smallest absolute Gasteiger partial charge is 0.376 e. The van der Waals surface area contributed by atoms with Crippen LogP contribution in [-0.2, 0) is 6.42 Å². The molecule has 9 heteroatoms. The maximum Gasteiger partial charge on any atom is 0.412 e. The van der Waals surface area contributed by atoms with Crippen molar-refractivity contribution in [1.29, 1.82) is 0 Å². The molecular formula is C24H18FN5O3. The van der Waals surface area contributed by atoms with E-state index < -0.39 is 6.09 Å². The molecule has 0 saturated carbocycles. The van der Waals surface area contributed by atoms with Crippen molar-refractivity contribution in [2.45, 2.75) is 13.3 Å². The number of aromatic amines is 2. The Morgan fingerprint density at radius 3 is 2.82 bits per heavy atom. The molecule has 0 atom stereocenters. The van der Waals surface area contributed by atoms with Gasteiger partial charge < -0.3 is 15.5 Å². The zero-order valence-corrected chi connectivity index (χ0v) is 17.5. The van der Waals surface area contributed by atoms with Crippen LogP contribution in [0.1, 0.15) is 16.8 Å². The molecule has 164 valence electrons. The van der Waals surface area contributed by atoms with Gasteiger partial charge in [0.2, 0.25) is 0 Å². The van der Waals surface area contributed by atoms with Crippen LogP contribution < -0.4 is 16.0 Å². The van der Waals surface area contributed by atoms with Crippen molar-refractivity contribution in [1.82, 2.24) is 20.2 Å². The number of hydrogen-bond acceptors (Lipinski definition) is 5. The van der Waals surface area contributed by atoms with E-state index in [1.165, 1.54) is 6.07 Å². The quantitative estimate of drug-likeness (QED) is 0.387. The summed E-state index contributed by atoms with van der Waals surface area (Å²) in [6, 6.07) is 15.6. The van der Waals surface area contributed by atoms with Crippen LogP contribution in [0.4, 0.5) is 9.18 Å². The van der Waals surface area contributed by atoms with Gasteiger partial charge in [0.1, 0.15) is 5.82 Å². The highest BCUT2D eigenvalue weighted by molar-refractivity contribution is 5.87. The number of carbonyl (C=O) groups is 1. The molecule has 0 saturated heterocycles. The number of amides is 1. The number of fused-ring (bicyclic) bond motifs is 2. The van der Waals surface area contributed by atoms with Gasteiger partial charge in [0, 0.05) is 17.4 Å². The first kappa shape index (κ1) is 20.4. The third-order valence-corrected chi connectivity index (χ3v) is 5.47. The van der Waals surface area contributed by atoms with Crippen molar-refractivity contribution in [3.8, 4) is 17.1 Å². The first-order chi connectivity index (χ1) is 15.9. The molecule has 0 spiro atoms. The van der Waals surface area contributed by atoms with Gasteiger partial charge in [-0.05, 0) is 47.9 Å². The molecule has 8 nitrogen and oxygen atoms in total. The zero-order chi connectivity index (χ0) is 23.1. The number of carbonyl (C=O) groups excluding carboxylic acids is 1. The van der Waals surface area contributed by atoms with E-state index in [-0.39, 0.29) is 17.4 Å². The van der Waals surface area contributed by atoms with Crippen molar-refractivity contribution in [3.63, 3.8) is 0 Å². The number of rotatable bonds is 4. The van der Waals surface area contributed by atoms with Crippen LogP contribution in [-0.4, -0.2) is 26.3 Å². The van der Waals surface area contributed by atoms with Gasteiger partial charge >= 0.3 is 12.1 Å². The van der Waals surface area contributed by atoms with E-state index >= 15 is 0 Å². The normalized spacial score (nSPS) is 11.2. The van der Waals surface area contributed by atoms with Gasteiger partial charge in [-0.25, -0.2) is 14.3 Å². The number of aryl methyl sites for hydroxylation is 1. The number of nitrogens with two attached hydrogens (primary N) is 1. The largest absolute Gasteiger partial charge is 0.412 e. The van der Waals surface area contributed by atoms with Gasteiger partial charge in [-0.2, -0.15) is 10.1 Å². The van der Waals surface area contributed by atoms with Crippen LogP contribution in [0, 0.1) is 12.7 Å². The van der Waals surface area contributed by atoms with Gasteiger partial charge in [-0.1, -0.05) is 30.3 Å². The molecular weight excluding hydrogens is 425 g/mol. The summed E-state index contributed by atoms with van der Waals surface area (Å²) in [5.74, 6) is -0.388. The molecule has 5 aromatic rings. The highest BCUT2D eigenvalue weighted by Gasteiger charge is 2.13. The Morgan fingerprint density at radius 1 is 1.15 bits per heavy atom. The van der Waals surface area contributed by atoms with E-state index in [0.29, 0.717) is 39.7 Å². The Balaban J connectivity index is 1.54. The number of nitrogens with zero attached hydrogens (tertiary/aromatic N) is 2. The Morgan fingerprint density at radius 2 is 2.00 bits per heavy atom. The number of halogens is 1. The number of hydrogen-bond donors (Lipinski definition) is 3. The van der Waals surface area contributed by atoms with E-state index in [9.17, 15) is 14.0 Å². The van der Waals surface area contributed by atoms with Crippen molar-refractivity contribution >= 4 is 27.9 Å². The molecule has 4 N–H and O–H groups in total. The number of benzene rings is 3. The van der Waals surface area contributed by atoms with Crippen LogP contribution in [0.3, 0.4) is 0 Å². The fraction of sp³-hybridized carbons (Fsp3) is 0.0833. The van der Waals surface area contributed by atoms with E-state index in [0.717, 1.165) is 16.5 Å². The lowest BCUT2D eigenvalue weighted by molar-refractivity contribution is 0.207. The summed E-state index contributed by atoms with van der Waals surface area (Å²) in [6.45, 7) is 1.88. The molecule has 0 fully saturated rings. The van der Waals surface area contributed by atoms with Crippen molar-refractivity contribution in [2.24, 2.45) is 5.73 Å². The fourth-order valence-corrected chi connectivity index (χ4v) is 3.97. The van der Waals surface area contributed by atoms with E-state index in [1.807, 2.05) is 25.1 Å². The van der Waals surface area contributed by atoms with Crippen LogP contribution in [0.25, 0.3) is 32.9 Å². The summed E-state index contributed by atoms with van der Waals surface area (Å²) in [5, 5.41) is 8.17. The van der Waals surface area contributed by atoms with E-state index in [2.05, 4.69) is 20.2 Å². The second-order valence-corrected chi connectivity index (χ2v) is 7.68. The average Bonchev–Trinajstić information content (AvgIpc) is 3.17. The van der Waals surface area contributed by atoms with Gasteiger partial charge in [0.05, 0.1) is 22.1 Å². The van der Waals surface area contributed by atoms with Crippen molar-refractivity contribution in [2.75, 3.05) is 0 Å². The van der Waals surface area contributed by atoms with Crippen molar-refractivity contribution in [3.05, 3.63) is 87.6 Å². The number of aromatic nitrogens is 4. The summed E-state index contributed by atoms with van der Waals surface area (Å²) in [5.41, 5.74) is 9.30. The number of primary amides is 1. The average molecular weight is 443 g/mol. The second kappa shape index (κ2) is 7.86. The molecule has 2 heterocycles. The van der Waals surface area contributed by atoms with Crippen LogP contribution in [0.15, 0.2) is 59.4 Å². The van der Waals surface area contributed by atoms with E-state index in [4.69, 9.17) is 10.5 Å². The van der Waals surface area contributed by atoms with Crippen molar-refractivity contribution < 1.29 is 13.9 Å². The topological polar surface area (TPSA) is 127 Å². The van der Waals surface area contributed by atoms with Crippen LogP contribution in [0.5, 0.6) is 6.01 Å². The molecule has 0 aliphatic carbocycles. The predicted molar refractivity (Wildman–Crippen MR) is 122 cm³/mol. The maximum atomic E-state index is 14.8. The molecule has 5 rings (SSSR count). The molecule has 1 amide bonds. The molecule has 0 unspecified atom stereocenters. The first-order valence-electron chi connectivity index (χ1n) is 10.1. The third-order valence-electron chi connectivity index (χ3n) is 5.47. The molecule has 0 aliphatic heterocycles.